The average Bonchev–Trinajstić information content (AvgIpc) is 3.35. The average molecular weight is 1010 g/mol. The third kappa shape index (κ3) is 54.5. The van der Waals surface area contributed by atoms with E-state index >= 15 is 0 Å². The van der Waals surface area contributed by atoms with Crippen molar-refractivity contribution in [3.63, 3.8) is 0 Å². The Morgan fingerprint density at radius 1 is 0.431 bits per heavy atom. The van der Waals surface area contributed by atoms with Crippen LogP contribution >= 0.6 is 0 Å². The molecule has 2 atom stereocenters. The SMILES string of the molecule is CC/C=C\C/C=C\C/C=C\C/C=C\C/C=C\C/C=C\CCCCCCCCCCCCCCCCC(=O)OC(COC(=O)CCCCCCCCCCCCCCCC)COC(OCC[N+](C)(C)C)C(=O)[O-]. The van der Waals surface area contributed by atoms with Gasteiger partial charge in [-0.15, -0.1) is 0 Å². The van der Waals surface area contributed by atoms with Crippen LogP contribution in [-0.2, 0) is 33.3 Å². The molecule has 0 saturated heterocycles. The van der Waals surface area contributed by atoms with Crippen LogP contribution in [-0.4, -0.2) is 82.3 Å². The number of carboxylic acids is 1. The number of rotatable bonds is 54. The molecule has 0 bridgehead atoms. The van der Waals surface area contributed by atoms with Gasteiger partial charge in [0.25, 0.3) is 0 Å². The number of esters is 2. The number of ether oxygens (including phenoxy) is 4. The number of hydrogen-bond donors (Lipinski definition) is 0. The van der Waals surface area contributed by atoms with E-state index in [0.29, 0.717) is 23.9 Å². The lowest BCUT2D eigenvalue weighted by atomic mass is 10.0. The number of unbranched alkanes of at least 4 members (excludes halogenated alkanes) is 27. The molecule has 0 amide bonds. The summed E-state index contributed by atoms with van der Waals surface area (Å²) in [5.74, 6) is -2.27. The fourth-order valence-electron chi connectivity index (χ4n) is 8.19. The highest BCUT2D eigenvalue weighted by Gasteiger charge is 2.22. The monoisotopic (exact) mass is 1010 g/mol. The van der Waals surface area contributed by atoms with Gasteiger partial charge in [-0.3, -0.25) is 9.59 Å². The summed E-state index contributed by atoms with van der Waals surface area (Å²) in [7, 11) is 5.92. The van der Waals surface area contributed by atoms with Gasteiger partial charge in [0.15, 0.2) is 12.4 Å². The molecule has 0 aliphatic rings. The predicted octanol–water partition coefficient (Wildman–Crippen LogP) is 16.1. The summed E-state index contributed by atoms with van der Waals surface area (Å²) < 4.78 is 22.7. The second kappa shape index (κ2) is 54.0. The maximum absolute atomic E-state index is 12.9. The zero-order valence-electron chi connectivity index (χ0n) is 47.3. The highest BCUT2D eigenvalue weighted by Crippen LogP contribution is 2.16. The summed E-state index contributed by atoms with van der Waals surface area (Å²) in [6.07, 6.45) is 66.7. The first-order valence-corrected chi connectivity index (χ1v) is 29.6. The zero-order chi connectivity index (χ0) is 52.7. The van der Waals surface area contributed by atoms with Crippen molar-refractivity contribution in [2.45, 2.75) is 264 Å². The zero-order valence-corrected chi connectivity index (χ0v) is 47.3. The van der Waals surface area contributed by atoms with Gasteiger partial charge < -0.3 is 33.3 Å². The predicted molar refractivity (Wildman–Crippen MR) is 301 cm³/mol. The molecule has 0 N–H and O–H groups in total. The molecule has 0 aromatic rings. The van der Waals surface area contributed by atoms with E-state index in [1.807, 2.05) is 21.1 Å². The van der Waals surface area contributed by atoms with Gasteiger partial charge in [-0.25, -0.2) is 0 Å². The Balaban J connectivity index is 4.13. The molecule has 0 aromatic carbocycles. The van der Waals surface area contributed by atoms with Crippen LogP contribution in [0, 0.1) is 0 Å². The smallest absolute Gasteiger partial charge is 0.306 e. The molecule has 72 heavy (non-hydrogen) atoms. The van der Waals surface area contributed by atoms with Crippen LogP contribution in [0.4, 0.5) is 0 Å². The molecular weight excluding hydrogens is 899 g/mol. The lowest BCUT2D eigenvalue weighted by Crippen LogP contribution is -2.44. The minimum atomic E-state index is -1.62. The highest BCUT2D eigenvalue weighted by molar-refractivity contribution is 5.70. The fraction of sp³-hybridized carbons (Fsp3) is 0.762. The number of carbonyl (C=O) groups excluding carboxylic acids is 3. The molecular formula is C63H111NO8. The Bertz CT molecular complexity index is 1410. The molecule has 0 fully saturated rings. The fourth-order valence-corrected chi connectivity index (χ4v) is 8.19. The normalized spacial score (nSPS) is 13.3. The quantitative estimate of drug-likeness (QED) is 0.0195. The van der Waals surface area contributed by atoms with E-state index in [0.717, 1.165) is 77.0 Å². The van der Waals surface area contributed by atoms with E-state index < -0.39 is 24.3 Å². The van der Waals surface area contributed by atoms with Crippen molar-refractivity contribution in [3.05, 3.63) is 72.9 Å². The summed E-state index contributed by atoms with van der Waals surface area (Å²) in [6, 6.07) is 0. The molecule has 0 aromatic heterocycles. The van der Waals surface area contributed by atoms with Crippen molar-refractivity contribution in [2.75, 3.05) is 47.5 Å². The minimum Gasteiger partial charge on any atom is -0.545 e. The molecule has 0 spiro atoms. The Kier molecular flexibility index (Phi) is 51.6. The van der Waals surface area contributed by atoms with E-state index in [-0.39, 0.29) is 32.2 Å². The number of carbonyl (C=O) groups is 3. The van der Waals surface area contributed by atoms with Crippen LogP contribution in [0.15, 0.2) is 72.9 Å². The van der Waals surface area contributed by atoms with E-state index in [1.54, 1.807) is 0 Å². The number of carboxylic acid groups (broad SMARTS) is 1. The van der Waals surface area contributed by atoms with Gasteiger partial charge in [-0.1, -0.05) is 247 Å². The molecule has 0 rings (SSSR count). The molecule has 0 radical (unpaired) electrons. The van der Waals surface area contributed by atoms with Gasteiger partial charge in [-0.2, -0.15) is 0 Å². The van der Waals surface area contributed by atoms with E-state index in [4.69, 9.17) is 18.9 Å². The van der Waals surface area contributed by atoms with Gasteiger partial charge in [-0.05, 0) is 64.2 Å². The van der Waals surface area contributed by atoms with Crippen molar-refractivity contribution in [3.8, 4) is 0 Å². The maximum Gasteiger partial charge on any atom is 0.306 e. The van der Waals surface area contributed by atoms with Crippen LogP contribution in [0.2, 0.25) is 0 Å². The van der Waals surface area contributed by atoms with Crippen molar-refractivity contribution in [1.29, 1.82) is 0 Å². The molecule has 9 nitrogen and oxygen atoms in total. The molecule has 0 heterocycles. The summed E-state index contributed by atoms with van der Waals surface area (Å²) >= 11 is 0. The van der Waals surface area contributed by atoms with Gasteiger partial charge in [0, 0.05) is 12.8 Å². The molecule has 0 aliphatic carbocycles. The summed E-state index contributed by atoms with van der Waals surface area (Å²) in [5, 5.41) is 11.8. The van der Waals surface area contributed by atoms with E-state index in [1.165, 1.54) is 141 Å². The number of aliphatic carboxylic acids is 1. The van der Waals surface area contributed by atoms with Crippen molar-refractivity contribution < 1.29 is 42.9 Å². The van der Waals surface area contributed by atoms with Gasteiger partial charge in [0.1, 0.15) is 13.2 Å². The first-order chi connectivity index (χ1) is 35.1. The second-order valence-electron chi connectivity index (χ2n) is 20.9. The van der Waals surface area contributed by atoms with Crippen LogP contribution in [0.1, 0.15) is 251 Å². The van der Waals surface area contributed by atoms with Crippen LogP contribution in [0.3, 0.4) is 0 Å². The minimum absolute atomic E-state index is 0.147. The molecule has 416 valence electrons. The van der Waals surface area contributed by atoms with Crippen LogP contribution in [0.25, 0.3) is 0 Å². The topological polar surface area (TPSA) is 111 Å². The van der Waals surface area contributed by atoms with Gasteiger partial charge in [0.05, 0.1) is 40.3 Å². The van der Waals surface area contributed by atoms with Crippen LogP contribution < -0.4 is 5.11 Å². The summed E-state index contributed by atoms with van der Waals surface area (Å²) in [6.45, 7) is 4.65. The third-order valence-electron chi connectivity index (χ3n) is 12.7. The largest absolute Gasteiger partial charge is 0.545 e. The number of nitrogens with zero attached hydrogens (tertiary/aromatic N) is 1. The third-order valence-corrected chi connectivity index (χ3v) is 12.7. The second-order valence-corrected chi connectivity index (χ2v) is 20.9. The highest BCUT2D eigenvalue weighted by atomic mass is 16.7. The first kappa shape index (κ1) is 68.7. The molecule has 9 heteroatoms. The number of allylic oxidation sites excluding steroid dienone is 12. The number of quaternary nitrogens is 1. The Morgan fingerprint density at radius 2 is 0.792 bits per heavy atom. The van der Waals surface area contributed by atoms with Crippen molar-refractivity contribution >= 4 is 17.9 Å². The first-order valence-electron chi connectivity index (χ1n) is 29.6. The number of likely N-dealkylation sites (N-methyl/N-ethyl adjacent to an activating group) is 1. The van der Waals surface area contributed by atoms with Gasteiger partial charge in [0.2, 0.25) is 0 Å². The van der Waals surface area contributed by atoms with Gasteiger partial charge >= 0.3 is 11.9 Å². The molecule has 0 aliphatic heterocycles. The Morgan fingerprint density at radius 3 is 1.18 bits per heavy atom. The Hall–Kier alpha value is -3.27. The lowest BCUT2D eigenvalue weighted by molar-refractivity contribution is -0.870. The van der Waals surface area contributed by atoms with Crippen molar-refractivity contribution in [1.82, 2.24) is 0 Å². The van der Waals surface area contributed by atoms with Crippen LogP contribution in [0.5, 0.6) is 0 Å². The number of hydrogen-bond acceptors (Lipinski definition) is 8. The Labute approximate surface area is 443 Å². The standard InChI is InChI=1S/C63H111NO8/c1-6-8-10-12-14-16-18-20-22-23-24-25-26-27-28-29-30-31-32-33-34-35-36-37-38-39-40-42-44-46-48-50-52-54-61(66)72-59(58-71-63(62(67)68)69-56-55-64(3,4)5)57-70-60(65)53-51-49-47-45-43-41-21-19-17-15-13-11-9-7-2/h8,10,14,16,20,22,24-25,27-28,30-31,59,63H,6-7,9,11-13,15,17-19,21,23,26,29,32-58H2,1-5H3/b10-8-,16-14-,22-20-,25-24-,28-27-,31-30-. The van der Waals surface area contributed by atoms with E-state index in [9.17, 15) is 19.5 Å². The molecule has 2 unspecified atom stereocenters. The molecule has 0 saturated carbocycles. The maximum atomic E-state index is 12.9. The summed E-state index contributed by atoms with van der Waals surface area (Å²) in [4.78, 5) is 37.2. The summed E-state index contributed by atoms with van der Waals surface area (Å²) in [5.41, 5.74) is 0. The van der Waals surface area contributed by atoms with Crippen molar-refractivity contribution in [2.24, 2.45) is 0 Å². The lowest BCUT2D eigenvalue weighted by Gasteiger charge is -2.26. The van der Waals surface area contributed by atoms with E-state index in [2.05, 4.69) is 86.8 Å².